The Hall–Kier alpha value is -0.260. The predicted octanol–water partition coefficient (Wildman–Crippen LogP) is 1.66. The van der Waals surface area contributed by atoms with Gasteiger partial charge in [-0.15, -0.1) is 11.8 Å². The lowest BCUT2D eigenvalue weighted by molar-refractivity contribution is -0.154. The van der Waals surface area contributed by atoms with Crippen molar-refractivity contribution in [2.24, 2.45) is 5.41 Å². The molecule has 2 aliphatic rings. The number of rotatable bonds is 5. The summed E-state index contributed by atoms with van der Waals surface area (Å²) in [6.45, 7) is 6.56. The molecular weight excluding hydrogens is 260 g/mol. The third-order valence-electron chi connectivity index (χ3n) is 4.64. The summed E-state index contributed by atoms with van der Waals surface area (Å²) in [5.41, 5.74) is -0.192. The van der Waals surface area contributed by atoms with Crippen molar-refractivity contribution in [1.29, 1.82) is 0 Å². The molecule has 1 atom stereocenters. The molecule has 1 heterocycles. The Balaban J connectivity index is 1.88. The van der Waals surface area contributed by atoms with Gasteiger partial charge in [0.1, 0.15) is 0 Å². The van der Waals surface area contributed by atoms with Gasteiger partial charge >= 0.3 is 0 Å². The van der Waals surface area contributed by atoms with Crippen molar-refractivity contribution < 1.29 is 9.53 Å². The van der Waals surface area contributed by atoms with E-state index in [-0.39, 0.29) is 5.41 Å². The van der Waals surface area contributed by atoms with Gasteiger partial charge in [-0.1, -0.05) is 6.42 Å². The minimum atomic E-state index is -0.192. The van der Waals surface area contributed by atoms with Gasteiger partial charge in [0, 0.05) is 33.3 Å². The first kappa shape index (κ1) is 15.1. The highest BCUT2D eigenvalue weighted by atomic mass is 32.2. The molecular formula is C14H26N2O2S. The van der Waals surface area contributed by atoms with Crippen molar-refractivity contribution in [3.8, 4) is 0 Å². The highest BCUT2D eigenvalue weighted by Crippen LogP contribution is 2.42. The van der Waals surface area contributed by atoms with Crippen molar-refractivity contribution >= 4 is 17.7 Å². The van der Waals surface area contributed by atoms with Crippen LogP contribution in [-0.2, 0) is 9.53 Å². The zero-order valence-electron chi connectivity index (χ0n) is 12.4. The number of carbonyl (C=O) groups is 1. The summed E-state index contributed by atoms with van der Waals surface area (Å²) in [4.78, 5) is 17.2. The van der Waals surface area contributed by atoms with Gasteiger partial charge in [-0.2, -0.15) is 0 Å². The van der Waals surface area contributed by atoms with Gasteiger partial charge in [-0.3, -0.25) is 9.69 Å². The van der Waals surface area contributed by atoms with Crippen molar-refractivity contribution in [3.05, 3.63) is 0 Å². The zero-order valence-corrected chi connectivity index (χ0v) is 13.2. The zero-order chi connectivity index (χ0) is 13.9. The standard InChI is InChI=1S/C14H26N2O2S/c1-12(19-3)15-7-9-16(10-8-15)13(17)14(11-18-2)5-4-6-14/h12H,4-11H2,1-3H3. The van der Waals surface area contributed by atoms with Crippen LogP contribution in [0, 0.1) is 5.41 Å². The number of carbonyl (C=O) groups excluding carboxylic acids is 1. The fourth-order valence-electron chi connectivity index (χ4n) is 3.07. The van der Waals surface area contributed by atoms with E-state index in [4.69, 9.17) is 4.74 Å². The van der Waals surface area contributed by atoms with Crippen LogP contribution in [0.2, 0.25) is 0 Å². The van der Waals surface area contributed by atoms with Crippen molar-refractivity contribution in [3.63, 3.8) is 0 Å². The lowest BCUT2D eigenvalue weighted by atomic mass is 9.68. The molecule has 4 nitrogen and oxygen atoms in total. The Morgan fingerprint density at radius 3 is 2.37 bits per heavy atom. The van der Waals surface area contributed by atoms with Gasteiger partial charge in [0.2, 0.25) is 5.91 Å². The normalized spacial score (nSPS) is 24.9. The summed E-state index contributed by atoms with van der Waals surface area (Å²) in [6.07, 6.45) is 5.31. The van der Waals surface area contributed by atoms with E-state index >= 15 is 0 Å². The highest BCUT2D eigenvalue weighted by molar-refractivity contribution is 7.99. The quantitative estimate of drug-likeness (QED) is 0.769. The molecule has 1 saturated carbocycles. The molecule has 1 unspecified atom stereocenters. The Bertz CT molecular complexity index is 313. The predicted molar refractivity (Wildman–Crippen MR) is 79.3 cm³/mol. The van der Waals surface area contributed by atoms with Crippen LogP contribution >= 0.6 is 11.8 Å². The Labute approximate surface area is 120 Å². The second kappa shape index (κ2) is 6.46. The van der Waals surface area contributed by atoms with E-state index < -0.39 is 0 Å². The molecule has 0 aromatic rings. The van der Waals surface area contributed by atoms with Crippen LogP contribution in [-0.4, -0.2) is 67.2 Å². The first-order chi connectivity index (χ1) is 9.13. The lowest BCUT2D eigenvalue weighted by Gasteiger charge is -2.45. The van der Waals surface area contributed by atoms with E-state index in [1.807, 2.05) is 11.8 Å². The highest BCUT2D eigenvalue weighted by Gasteiger charge is 2.46. The van der Waals surface area contributed by atoms with Crippen LogP contribution in [0.4, 0.5) is 0 Å². The Morgan fingerprint density at radius 1 is 1.32 bits per heavy atom. The monoisotopic (exact) mass is 286 g/mol. The van der Waals surface area contributed by atoms with Crippen LogP contribution < -0.4 is 0 Å². The van der Waals surface area contributed by atoms with Gasteiger partial charge in [0.25, 0.3) is 0 Å². The van der Waals surface area contributed by atoms with Crippen molar-refractivity contribution in [1.82, 2.24) is 9.80 Å². The maximum absolute atomic E-state index is 12.7. The average Bonchev–Trinajstić information content (AvgIpc) is 2.41. The number of amides is 1. The van der Waals surface area contributed by atoms with E-state index in [1.54, 1.807) is 7.11 Å². The van der Waals surface area contributed by atoms with E-state index in [9.17, 15) is 4.79 Å². The van der Waals surface area contributed by atoms with Crippen LogP contribution in [0.1, 0.15) is 26.2 Å². The maximum atomic E-state index is 12.7. The fraction of sp³-hybridized carbons (Fsp3) is 0.929. The number of nitrogens with zero attached hydrogens (tertiary/aromatic N) is 2. The summed E-state index contributed by atoms with van der Waals surface area (Å²) in [6, 6.07) is 0. The molecule has 1 amide bonds. The summed E-state index contributed by atoms with van der Waals surface area (Å²) < 4.78 is 5.28. The Morgan fingerprint density at radius 2 is 1.95 bits per heavy atom. The first-order valence-electron chi connectivity index (χ1n) is 7.18. The third kappa shape index (κ3) is 3.09. The smallest absolute Gasteiger partial charge is 0.231 e. The number of methoxy groups -OCH3 is 1. The SMILES string of the molecule is COCC1(C(=O)N2CCN(C(C)SC)CC2)CCC1. The molecule has 0 aromatic carbocycles. The van der Waals surface area contributed by atoms with Crippen LogP contribution in [0.25, 0.3) is 0 Å². The van der Waals surface area contributed by atoms with Gasteiger partial charge in [-0.05, 0) is 26.0 Å². The molecule has 5 heteroatoms. The van der Waals surface area contributed by atoms with Crippen LogP contribution in [0.5, 0.6) is 0 Å². The third-order valence-corrected chi connectivity index (χ3v) is 5.62. The second-order valence-electron chi connectivity index (χ2n) is 5.73. The second-order valence-corrected chi connectivity index (χ2v) is 6.88. The van der Waals surface area contributed by atoms with Crippen LogP contribution in [0.3, 0.4) is 0 Å². The molecule has 19 heavy (non-hydrogen) atoms. The van der Waals surface area contributed by atoms with Gasteiger partial charge < -0.3 is 9.64 Å². The van der Waals surface area contributed by atoms with Gasteiger partial charge in [0.05, 0.1) is 17.4 Å². The molecule has 0 radical (unpaired) electrons. The number of hydrogen-bond donors (Lipinski definition) is 0. The van der Waals surface area contributed by atoms with E-state index in [0.29, 0.717) is 17.9 Å². The largest absolute Gasteiger partial charge is 0.384 e. The first-order valence-corrected chi connectivity index (χ1v) is 8.47. The molecule has 1 saturated heterocycles. The van der Waals surface area contributed by atoms with Crippen LogP contribution in [0.15, 0.2) is 0 Å². The van der Waals surface area contributed by atoms with Crippen molar-refractivity contribution in [2.75, 3.05) is 46.2 Å². The minimum Gasteiger partial charge on any atom is -0.384 e. The average molecular weight is 286 g/mol. The fourth-order valence-corrected chi connectivity index (χ4v) is 3.58. The molecule has 2 rings (SSSR count). The molecule has 0 N–H and O–H groups in total. The number of thioether (sulfide) groups is 1. The van der Waals surface area contributed by atoms with E-state index in [1.165, 1.54) is 6.42 Å². The number of hydrogen-bond acceptors (Lipinski definition) is 4. The van der Waals surface area contributed by atoms with Crippen molar-refractivity contribution in [2.45, 2.75) is 31.6 Å². The molecule has 1 aliphatic heterocycles. The number of piperazine rings is 1. The summed E-state index contributed by atoms with van der Waals surface area (Å²) in [7, 11) is 1.70. The summed E-state index contributed by atoms with van der Waals surface area (Å²) >= 11 is 1.87. The Kier molecular flexibility index (Phi) is 5.15. The maximum Gasteiger partial charge on any atom is 0.231 e. The lowest BCUT2D eigenvalue weighted by Crippen LogP contribution is -2.57. The summed E-state index contributed by atoms with van der Waals surface area (Å²) in [5, 5.41) is 0.550. The topological polar surface area (TPSA) is 32.8 Å². The van der Waals surface area contributed by atoms with E-state index in [2.05, 4.69) is 23.0 Å². The molecule has 0 aromatic heterocycles. The minimum absolute atomic E-state index is 0.192. The summed E-state index contributed by atoms with van der Waals surface area (Å²) in [5.74, 6) is 0.331. The van der Waals surface area contributed by atoms with Gasteiger partial charge in [0.15, 0.2) is 0 Å². The molecule has 0 bridgehead atoms. The molecule has 2 fully saturated rings. The molecule has 0 spiro atoms. The molecule has 110 valence electrons. The molecule has 1 aliphatic carbocycles. The van der Waals surface area contributed by atoms with Gasteiger partial charge in [-0.25, -0.2) is 0 Å². The van der Waals surface area contributed by atoms with E-state index in [0.717, 1.165) is 39.0 Å². The number of ether oxygens (including phenoxy) is 1.